The average Bonchev–Trinajstić information content (AvgIpc) is 3.80. The summed E-state index contributed by atoms with van der Waals surface area (Å²) < 4.78 is 13.2. The fourth-order valence-electron chi connectivity index (χ4n) is 9.70. The minimum atomic E-state index is 0.892. The highest BCUT2D eigenvalue weighted by Crippen LogP contribution is 2.47. The van der Waals surface area contributed by atoms with E-state index in [1.54, 1.807) is 0 Å². The first-order valence-corrected chi connectivity index (χ1v) is 19.2. The Bertz CT molecular complexity index is 3770. The SMILES string of the molecule is c1ccc2cc3c(cc2c1)oc1ccc(-c2c4ccccc4c(-c4ccc5c(c4)oc4cc6c7ccccc7c7ccccc7c6cc45)c4ccccc24)cc13. The second kappa shape index (κ2) is 11.1. The van der Waals surface area contributed by atoms with E-state index >= 15 is 0 Å². The molecule has 2 heterocycles. The molecule has 2 nitrogen and oxygen atoms in total. The Labute approximate surface area is 320 Å². The highest BCUT2D eigenvalue weighted by Gasteiger charge is 2.20. The van der Waals surface area contributed by atoms with Gasteiger partial charge in [-0.3, -0.25) is 0 Å². The topological polar surface area (TPSA) is 26.3 Å². The van der Waals surface area contributed by atoms with Gasteiger partial charge in [-0.25, -0.2) is 0 Å². The van der Waals surface area contributed by atoms with E-state index in [1.807, 2.05) is 0 Å². The second-order valence-electron chi connectivity index (χ2n) is 15.1. The maximum atomic E-state index is 6.79. The van der Waals surface area contributed by atoms with Crippen LogP contribution < -0.4 is 0 Å². The fourth-order valence-corrected chi connectivity index (χ4v) is 9.70. The average molecular weight is 711 g/mol. The zero-order chi connectivity index (χ0) is 36.5. The predicted octanol–water partition coefficient (Wildman–Crippen LogP) is 15.7. The molecule has 0 atom stereocenters. The van der Waals surface area contributed by atoms with Crippen LogP contribution in [-0.4, -0.2) is 0 Å². The van der Waals surface area contributed by atoms with E-state index in [-0.39, 0.29) is 0 Å². The fraction of sp³-hybridized carbons (Fsp3) is 0. The quantitative estimate of drug-likeness (QED) is 0.132. The molecule has 13 rings (SSSR count). The van der Waals surface area contributed by atoms with E-state index in [0.717, 1.165) is 49.4 Å². The van der Waals surface area contributed by atoms with E-state index in [1.165, 1.54) is 81.3 Å². The van der Waals surface area contributed by atoms with Crippen LogP contribution in [0.15, 0.2) is 191 Å². The first-order valence-electron chi connectivity index (χ1n) is 19.2. The van der Waals surface area contributed by atoms with Gasteiger partial charge in [0, 0.05) is 21.5 Å². The van der Waals surface area contributed by atoms with Gasteiger partial charge in [0.15, 0.2) is 0 Å². The largest absolute Gasteiger partial charge is 0.456 e. The van der Waals surface area contributed by atoms with E-state index in [4.69, 9.17) is 8.83 Å². The molecule has 2 heteroatoms. The van der Waals surface area contributed by atoms with Crippen LogP contribution in [0.25, 0.3) is 131 Å². The maximum absolute atomic E-state index is 6.79. The van der Waals surface area contributed by atoms with Gasteiger partial charge < -0.3 is 8.83 Å². The minimum Gasteiger partial charge on any atom is -0.456 e. The standard InChI is InChI=1S/C54H30O2/c1-2-12-32-27-51-47(25-31(32)11-1)46-26-33(22-24-49(46)55-51)53-40-17-7-9-19-42(40)54(43-20-10-8-18-41(43)53)34-21-23-39-48-29-44-37-15-5-3-13-35(37)36-14-4-6-16-38(36)45(44)30-52(48)56-50(39)28-34/h1-30H. The molecular formula is C54H30O2. The Morgan fingerprint density at radius 1 is 0.214 bits per heavy atom. The third kappa shape index (κ3) is 4.10. The Balaban J connectivity index is 1.04. The molecule has 0 saturated carbocycles. The van der Waals surface area contributed by atoms with Crippen molar-refractivity contribution in [2.75, 3.05) is 0 Å². The summed E-state index contributed by atoms with van der Waals surface area (Å²) in [6.45, 7) is 0. The molecule has 0 aliphatic rings. The Kier molecular flexibility index (Phi) is 5.92. The molecule has 0 amide bonds. The van der Waals surface area contributed by atoms with E-state index < -0.39 is 0 Å². The van der Waals surface area contributed by atoms with Gasteiger partial charge in [-0.15, -0.1) is 0 Å². The normalized spacial score (nSPS) is 12.3. The first-order chi connectivity index (χ1) is 27.7. The summed E-state index contributed by atoms with van der Waals surface area (Å²) in [5.41, 5.74) is 8.37. The summed E-state index contributed by atoms with van der Waals surface area (Å²) in [6, 6.07) is 66.1. The summed E-state index contributed by atoms with van der Waals surface area (Å²) in [6.07, 6.45) is 0. The summed E-state index contributed by atoms with van der Waals surface area (Å²) >= 11 is 0. The van der Waals surface area contributed by atoms with Crippen LogP contribution in [0.1, 0.15) is 0 Å². The zero-order valence-electron chi connectivity index (χ0n) is 30.1. The van der Waals surface area contributed by atoms with Crippen molar-refractivity contribution < 1.29 is 8.83 Å². The number of fused-ring (bicyclic) bond motifs is 15. The van der Waals surface area contributed by atoms with Crippen molar-refractivity contribution >= 4 is 109 Å². The van der Waals surface area contributed by atoms with Crippen LogP contribution >= 0.6 is 0 Å². The molecule has 258 valence electrons. The molecular weight excluding hydrogens is 681 g/mol. The van der Waals surface area contributed by atoms with Gasteiger partial charge in [-0.2, -0.15) is 0 Å². The monoisotopic (exact) mass is 710 g/mol. The molecule has 13 aromatic rings. The van der Waals surface area contributed by atoms with Crippen LogP contribution in [-0.2, 0) is 0 Å². The lowest BCUT2D eigenvalue weighted by atomic mass is 9.85. The van der Waals surface area contributed by atoms with Gasteiger partial charge >= 0.3 is 0 Å². The number of hydrogen-bond acceptors (Lipinski definition) is 2. The van der Waals surface area contributed by atoms with Gasteiger partial charge in [0.1, 0.15) is 22.3 Å². The van der Waals surface area contributed by atoms with E-state index in [2.05, 4.69) is 182 Å². The summed E-state index contributed by atoms with van der Waals surface area (Å²) in [5.74, 6) is 0. The molecule has 2 aromatic heterocycles. The van der Waals surface area contributed by atoms with Crippen molar-refractivity contribution in [2.45, 2.75) is 0 Å². The molecule has 56 heavy (non-hydrogen) atoms. The van der Waals surface area contributed by atoms with Crippen molar-refractivity contribution in [1.29, 1.82) is 0 Å². The van der Waals surface area contributed by atoms with Crippen LogP contribution in [0.4, 0.5) is 0 Å². The van der Waals surface area contributed by atoms with Crippen molar-refractivity contribution in [2.24, 2.45) is 0 Å². The highest BCUT2D eigenvalue weighted by atomic mass is 16.3. The lowest BCUT2D eigenvalue weighted by Gasteiger charge is -2.17. The second-order valence-corrected chi connectivity index (χ2v) is 15.1. The van der Waals surface area contributed by atoms with Gasteiger partial charge in [-0.1, -0.05) is 133 Å². The molecule has 0 unspecified atom stereocenters. The molecule has 0 fully saturated rings. The number of rotatable bonds is 2. The zero-order valence-corrected chi connectivity index (χ0v) is 30.1. The highest BCUT2D eigenvalue weighted by molar-refractivity contribution is 6.29. The number of hydrogen-bond donors (Lipinski definition) is 0. The van der Waals surface area contributed by atoms with Gasteiger partial charge in [0.2, 0.25) is 0 Å². The smallest absolute Gasteiger partial charge is 0.136 e. The molecule has 0 N–H and O–H groups in total. The Morgan fingerprint density at radius 3 is 1.25 bits per heavy atom. The Hall–Kier alpha value is -7.42. The van der Waals surface area contributed by atoms with Crippen molar-refractivity contribution in [3.05, 3.63) is 182 Å². The lowest BCUT2D eigenvalue weighted by Crippen LogP contribution is -1.90. The van der Waals surface area contributed by atoms with Gasteiger partial charge in [-0.05, 0) is 135 Å². The first kappa shape index (κ1) is 30.0. The third-order valence-corrected chi connectivity index (χ3v) is 12.2. The van der Waals surface area contributed by atoms with Gasteiger partial charge in [0.25, 0.3) is 0 Å². The lowest BCUT2D eigenvalue weighted by molar-refractivity contribution is 0.669. The minimum absolute atomic E-state index is 0.892. The molecule has 0 spiro atoms. The number of furan rings is 2. The number of benzene rings is 11. The van der Waals surface area contributed by atoms with Crippen LogP contribution in [0.2, 0.25) is 0 Å². The van der Waals surface area contributed by atoms with E-state index in [0.29, 0.717) is 0 Å². The maximum Gasteiger partial charge on any atom is 0.136 e. The predicted molar refractivity (Wildman–Crippen MR) is 237 cm³/mol. The molecule has 11 aromatic carbocycles. The molecule has 0 aliphatic carbocycles. The van der Waals surface area contributed by atoms with Crippen LogP contribution in [0.3, 0.4) is 0 Å². The van der Waals surface area contributed by atoms with Crippen molar-refractivity contribution in [1.82, 2.24) is 0 Å². The van der Waals surface area contributed by atoms with E-state index in [9.17, 15) is 0 Å². The molecule has 0 aliphatic heterocycles. The summed E-state index contributed by atoms with van der Waals surface area (Å²) in [4.78, 5) is 0. The summed E-state index contributed by atoms with van der Waals surface area (Å²) in [7, 11) is 0. The Morgan fingerprint density at radius 2 is 0.625 bits per heavy atom. The van der Waals surface area contributed by atoms with Crippen LogP contribution in [0.5, 0.6) is 0 Å². The third-order valence-electron chi connectivity index (χ3n) is 12.2. The summed E-state index contributed by atoms with van der Waals surface area (Å²) in [5, 5.41) is 19.3. The van der Waals surface area contributed by atoms with Gasteiger partial charge in [0.05, 0.1) is 0 Å². The van der Waals surface area contributed by atoms with Crippen LogP contribution in [0, 0.1) is 0 Å². The molecule has 0 radical (unpaired) electrons. The molecule has 0 saturated heterocycles. The molecule has 0 bridgehead atoms. The van der Waals surface area contributed by atoms with Crippen molar-refractivity contribution in [3.63, 3.8) is 0 Å². The van der Waals surface area contributed by atoms with Crippen molar-refractivity contribution in [3.8, 4) is 22.3 Å².